The molecule has 4 saturated heterocycles. The summed E-state index contributed by atoms with van der Waals surface area (Å²) in [6.45, 7) is 5.61. The zero-order valence-corrected chi connectivity index (χ0v) is 24.9. The summed E-state index contributed by atoms with van der Waals surface area (Å²) in [5.41, 5.74) is 9.79. The van der Waals surface area contributed by atoms with Crippen LogP contribution in [0.5, 0.6) is 0 Å². The fourth-order valence-electron chi connectivity index (χ4n) is 7.53. The number of anilines is 2. The first-order valence-electron chi connectivity index (χ1n) is 15.6. The standard InChI is InChI=1S/C33H42N6O4/c1-36(30-10-11-31(41)35-33(30)43)18-25-16-27(7-4-24(25)21-40)37-14-12-22(13-15-37)17-39-28-8-9-29(39)20-38(19-28)26-5-2-23(3-6-26)32(34)42/h2-7,16,21-22,28-30H,8-15,17-20H2,1H3,(H2,34,42)(H,35,41,43). The summed E-state index contributed by atoms with van der Waals surface area (Å²) < 4.78 is 0. The predicted octanol–water partition coefficient (Wildman–Crippen LogP) is 2.40. The number of piperidine rings is 2. The van der Waals surface area contributed by atoms with E-state index in [2.05, 4.69) is 26.1 Å². The molecule has 0 aliphatic carbocycles. The number of nitrogens with two attached hydrogens (primary N) is 1. The fraction of sp³-hybridized carbons (Fsp3) is 0.515. The second-order valence-corrected chi connectivity index (χ2v) is 12.7. The van der Waals surface area contributed by atoms with Gasteiger partial charge in [-0.2, -0.15) is 0 Å². The Kier molecular flexibility index (Phi) is 8.50. The molecule has 3 atom stereocenters. The van der Waals surface area contributed by atoms with Gasteiger partial charge >= 0.3 is 0 Å². The quantitative estimate of drug-likeness (QED) is 0.340. The number of amides is 3. The van der Waals surface area contributed by atoms with Crippen LogP contribution in [-0.4, -0.2) is 91.7 Å². The molecule has 3 amide bonds. The number of nitrogens with one attached hydrogen (secondary N) is 1. The van der Waals surface area contributed by atoms with Crippen molar-refractivity contribution in [2.45, 2.75) is 63.2 Å². The number of nitrogens with zero attached hydrogens (tertiary/aromatic N) is 4. The van der Waals surface area contributed by atoms with Crippen molar-refractivity contribution >= 4 is 35.4 Å². The fourth-order valence-corrected chi connectivity index (χ4v) is 7.53. The maximum Gasteiger partial charge on any atom is 0.248 e. The molecule has 228 valence electrons. The molecule has 2 aromatic carbocycles. The maximum atomic E-state index is 12.4. The van der Waals surface area contributed by atoms with Crippen molar-refractivity contribution in [1.82, 2.24) is 15.1 Å². The van der Waals surface area contributed by atoms with Crippen molar-refractivity contribution in [3.63, 3.8) is 0 Å². The van der Waals surface area contributed by atoms with Crippen molar-refractivity contribution < 1.29 is 19.2 Å². The largest absolute Gasteiger partial charge is 0.372 e. The Balaban J connectivity index is 1.03. The molecule has 4 aliphatic rings. The Bertz CT molecular complexity index is 1360. The van der Waals surface area contributed by atoms with E-state index in [9.17, 15) is 19.2 Å². The van der Waals surface area contributed by atoms with Gasteiger partial charge in [-0.3, -0.25) is 34.3 Å². The Morgan fingerprint density at radius 1 is 0.953 bits per heavy atom. The third-order valence-corrected chi connectivity index (χ3v) is 10.0. The normalized spacial score (nSPS) is 24.8. The lowest BCUT2D eigenvalue weighted by Crippen LogP contribution is -2.55. The van der Waals surface area contributed by atoms with Crippen LogP contribution in [0, 0.1) is 5.92 Å². The van der Waals surface area contributed by atoms with E-state index in [1.54, 1.807) is 0 Å². The minimum Gasteiger partial charge on any atom is -0.372 e. The van der Waals surface area contributed by atoms with E-state index in [0.29, 0.717) is 48.5 Å². The van der Waals surface area contributed by atoms with E-state index in [-0.39, 0.29) is 17.9 Å². The molecule has 10 nitrogen and oxygen atoms in total. The van der Waals surface area contributed by atoms with Crippen molar-refractivity contribution in [1.29, 1.82) is 0 Å². The maximum absolute atomic E-state index is 12.4. The number of imide groups is 1. The Labute approximate surface area is 253 Å². The van der Waals surface area contributed by atoms with Gasteiger partial charge in [0.05, 0.1) is 6.04 Å². The molecule has 0 radical (unpaired) electrons. The summed E-state index contributed by atoms with van der Waals surface area (Å²) in [7, 11) is 1.87. The van der Waals surface area contributed by atoms with E-state index in [1.165, 1.54) is 12.8 Å². The van der Waals surface area contributed by atoms with Crippen LogP contribution in [0.1, 0.15) is 64.8 Å². The molecule has 0 spiro atoms. The van der Waals surface area contributed by atoms with E-state index in [4.69, 9.17) is 5.73 Å². The summed E-state index contributed by atoms with van der Waals surface area (Å²) in [4.78, 5) is 56.8. The predicted molar refractivity (Wildman–Crippen MR) is 165 cm³/mol. The zero-order chi connectivity index (χ0) is 30.1. The van der Waals surface area contributed by atoms with E-state index in [1.807, 2.05) is 48.3 Å². The lowest BCUT2D eigenvalue weighted by Gasteiger charge is -2.44. The molecular formula is C33H42N6O4. The molecule has 4 fully saturated rings. The van der Waals surface area contributed by atoms with Crippen LogP contribution >= 0.6 is 0 Å². The average Bonchev–Trinajstić information content (AvgIpc) is 3.22. The zero-order valence-electron chi connectivity index (χ0n) is 24.9. The first kappa shape index (κ1) is 29.3. The lowest BCUT2D eigenvalue weighted by atomic mass is 9.94. The van der Waals surface area contributed by atoms with Crippen LogP contribution in [0.4, 0.5) is 11.4 Å². The molecular weight excluding hydrogens is 544 g/mol. The van der Waals surface area contributed by atoms with Crippen LogP contribution in [0.25, 0.3) is 0 Å². The minimum atomic E-state index is -0.390. The summed E-state index contributed by atoms with van der Waals surface area (Å²) in [5, 5.41) is 2.43. The molecule has 2 aromatic rings. The highest BCUT2D eigenvalue weighted by molar-refractivity contribution is 6.00. The van der Waals surface area contributed by atoms with Gasteiger partial charge in [-0.25, -0.2) is 0 Å². The van der Waals surface area contributed by atoms with Crippen molar-refractivity contribution in [2.75, 3.05) is 49.6 Å². The molecule has 4 heterocycles. The van der Waals surface area contributed by atoms with Crippen LogP contribution < -0.4 is 20.9 Å². The molecule has 6 rings (SSSR count). The average molecular weight is 587 g/mol. The second-order valence-electron chi connectivity index (χ2n) is 12.7. The summed E-state index contributed by atoms with van der Waals surface area (Å²) in [5.74, 6) is -0.221. The number of likely N-dealkylation sites (N-methyl/N-ethyl adjacent to an activating group) is 1. The number of carbonyl (C=O) groups excluding carboxylic acids is 4. The van der Waals surface area contributed by atoms with Crippen LogP contribution in [0.3, 0.4) is 0 Å². The topological polar surface area (TPSA) is 119 Å². The highest BCUT2D eigenvalue weighted by Crippen LogP contribution is 2.35. The first-order chi connectivity index (χ1) is 20.8. The molecule has 0 aromatic heterocycles. The SMILES string of the molecule is CN(Cc1cc(N2CCC(CN3C4CCC3CN(c3ccc(C(N)=O)cc3)C4)CC2)ccc1C=O)C1CCC(=O)NC1=O. The third-order valence-electron chi connectivity index (χ3n) is 10.0. The Hall–Kier alpha value is -3.76. The number of carbonyl (C=O) groups is 4. The van der Waals surface area contributed by atoms with Crippen molar-refractivity contribution in [2.24, 2.45) is 11.7 Å². The van der Waals surface area contributed by atoms with Gasteiger partial charge < -0.3 is 15.5 Å². The van der Waals surface area contributed by atoms with Gasteiger partial charge in [-0.05, 0) is 93.1 Å². The lowest BCUT2D eigenvalue weighted by molar-refractivity contribution is -0.137. The summed E-state index contributed by atoms with van der Waals surface area (Å²) in [6.07, 6.45) is 6.44. The summed E-state index contributed by atoms with van der Waals surface area (Å²) >= 11 is 0. The van der Waals surface area contributed by atoms with Gasteiger partial charge in [0.2, 0.25) is 17.7 Å². The van der Waals surface area contributed by atoms with Gasteiger partial charge in [0.25, 0.3) is 0 Å². The first-order valence-corrected chi connectivity index (χ1v) is 15.6. The molecule has 10 heteroatoms. The number of piperazine rings is 1. The highest BCUT2D eigenvalue weighted by Gasteiger charge is 2.41. The number of aldehydes is 1. The Morgan fingerprint density at radius 2 is 1.63 bits per heavy atom. The molecule has 0 saturated carbocycles. The minimum absolute atomic E-state index is 0.225. The van der Waals surface area contributed by atoms with Gasteiger partial charge in [0.15, 0.2) is 0 Å². The van der Waals surface area contributed by atoms with E-state index in [0.717, 1.165) is 68.8 Å². The number of hydrogen-bond donors (Lipinski definition) is 2. The molecule has 3 N–H and O–H groups in total. The van der Waals surface area contributed by atoms with E-state index < -0.39 is 5.91 Å². The van der Waals surface area contributed by atoms with Gasteiger partial charge in [0.1, 0.15) is 6.29 Å². The van der Waals surface area contributed by atoms with Gasteiger partial charge in [-0.15, -0.1) is 0 Å². The smallest absolute Gasteiger partial charge is 0.248 e. The van der Waals surface area contributed by atoms with Crippen LogP contribution in [0.2, 0.25) is 0 Å². The molecule has 2 bridgehead atoms. The number of benzene rings is 2. The Morgan fingerprint density at radius 3 is 2.26 bits per heavy atom. The third kappa shape index (κ3) is 6.31. The van der Waals surface area contributed by atoms with Crippen molar-refractivity contribution in [3.8, 4) is 0 Å². The highest BCUT2D eigenvalue weighted by atomic mass is 16.2. The molecule has 4 aliphatic heterocycles. The van der Waals surface area contributed by atoms with Crippen LogP contribution in [0.15, 0.2) is 42.5 Å². The van der Waals surface area contributed by atoms with Gasteiger partial charge in [-0.1, -0.05) is 0 Å². The number of primary amides is 1. The number of hydrogen-bond acceptors (Lipinski definition) is 8. The van der Waals surface area contributed by atoms with Gasteiger partial charge in [0, 0.05) is 80.3 Å². The number of rotatable bonds is 9. The van der Waals surface area contributed by atoms with Crippen LogP contribution in [-0.2, 0) is 16.1 Å². The number of fused-ring (bicyclic) bond motifs is 2. The van der Waals surface area contributed by atoms with E-state index >= 15 is 0 Å². The van der Waals surface area contributed by atoms with Crippen molar-refractivity contribution in [3.05, 3.63) is 59.2 Å². The molecule has 43 heavy (non-hydrogen) atoms. The summed E-state index contributed by atoms with van der Waals surface area (Å²) in [6, 6.07) is 14.5. The monoisotopic (exact) mass is 586 g/mol. The molecule has 3 unspecified atom stereocenters. The second kappa shape index (κ2) is 12.5.